The van der Waals surface area contributed by atoms with E-state index in [-0.39, 0.29) is 6.10 Å². The fourth-order valence-electron chi connectivity index (χ4n) is 2.42. The number of hydrogen-bond donors (Lipinski definition) is 1. The minimum Gasteiger partial charge on any atom is -0.488 e. The zero-order valence-corrected chi connectivity index (χ0v) is 11.7. The molecule has 2 aromatic carbocycles. The molecule has 98 valence electrons. The normalized spacial score (nSPS) is 17.1. The topological polar surface area (TPSA) is 35.2 Å². The molecule has 1 aliphatic rings. The van der Waals surface area contributed by atoms with Crippen molar-refractivity contribution in [1.82, 2.24) is 0 Å². The van der Waals surface area contributed by atoms with Crippen molar-refractivity contribution in [3.8, 4) is 16.9 Å². The summed E-state index contributed by atoms with van der Waals surface area (Å²) in [7, 11) is 0. The lowest BCUT2D eigenvalue weighted by Crippen LogP contribution is -2.24. The summed E-state index contributed by atoms with van der Waals surface area (Å²) in [4.78, 5) is 0. The third kappa shape index (κ3) is 2.20. The molecule has 2 nitrogen and oxygen atoms in total. The molecule has 3 rings (SSSR count). The zero-order chi connectivity index (χ0) is 13.4. The van der Waals surface area contributed by atoms with Crippen molar-refractivity contribution in [2.24, 2.45) is 5.73 Å². The number of hydrogen-bond acceptors (Lipinski definition) is 2. The summed E-state index contributed by atoms with van der Waals surface area (Å²) >= 11 is 12.5. The number of halogens is 2. The summed E-state index contributed by atoms with van der Waals surface area (Å²) in [6.07, 6.45) is 0.874. The highest BCUT2D eigenvalue weighted by atomic mass is 35.5. The summed E-state index contributed by atoms with van der Waals surface area (Å²) in [6.45, 7) is 0.504. The van der Waals surface area contributed by atoms with Gasteiger partial charge in [0.2, 0.25) is 0 Å². The van der Waals surface area contributed by atoms with Gasteiger partial charge in [-0.2, -0.15) is 0 Å². The van der Waals surface area contributed by atoms with E-state index in [4.69, 9.17) is 33.7 Å². The van der Waals surface area contributed by atoms with Crippen LogP contribution < -0.4 is 10.5 Å². The molecule has 0 aliphatic carbocycles. The Morgan fingerprint density at radius 2 is 1.79 bits per heavy atom. The minimum atomic E-state index is 0.0393. The summed E-state index contributed by atoms with van der Waals surface area (Å²) in [5, 5.41) is 1.25. The Morgan fingerprint density at radius 3 is 2.47 bits per heavy atom. The fourth-order valence-corrected chi connectivity index (χ4v) is 3.02. The van der Waals surface area contributed by atoms with E-state index in [1.165, 1.54) is 0 Å². The molecule has 1 heterocycles. The number of ether oxygens (including phenoxy) is 1. The van der Waals surface area contributed by atoms with E-state index >= 15 is 0 Å². The lowest BCUT2D eigenvalue weighted by Gasteiger charge is -2.13. The van der Waals surface area contributed by atoms with Gasteiger partial charge in [-0.25, -0.2) is 0 Å². The zero-order valence-electron chi connectivity index (χ0n) is 10.2. The molecule has 1 aliphatic heterocycles. The average Bonchev–Trinajstić information content (AvgIpc) is 2.82. The molecule has 0 radical (unpaired) electrons. The Labute approximate surface area is 122 Å². The Morgan fingerprint density at radius 1 is 1.11 bits per heavy atom. The SMILES string of the molecule is NC[C@H]1Cc2cccc(-c3c(Cl)cccc3Cl)c2O1. The molecule has 0 amide bonds. The van der Waals surface area contributed by atoms with Crippen LogP contribution in [0.2, 0.25) is 10.0 Å². The third-order valence-electron chi connectivity index (χ3n) is 3.32. The van der Waals surface area contributed by atoms with Crippen LogP contribution in [0.4, 0.5) is 0 Å². The van der Waals surface area contributed by atoms with Gasteiger partial charge >= 0.3 is 0 Å². The molecule has 0 saturated heterocycles. The molecule has 0 bridgehead atoms. The maximum Gasteiger partial charge on any atom is 0.131 e. The quantitative estimate of drug-likeness (QED) is 0.911. The minimum absolute atomic E-state index is 0.0393. The molecule has 0 aromatic heterocycles. The first kappa shape index (κ1) is 12.8. The van der Waals surface area contributed by atoms with Crippen molar-refractivity contribution < 1.29 is 4.74 Å². The first-order valence-corrected chi connectivity index (χ1v) is 6.89. The first-order valence-electron chi connectivity index (χ1n) is 6.13. The van der Waals surface area contributed by atoms with Crippen molar-refractivity contribution in [3.63, 3.8) is 0 Å². The predicted molar refractivity (Wildman–Crippen MR) is 79.1 cm³/mol. The largest absolute Gasteiger partial charge is 0.488 e. The first-order chi connectivity index (χ1) is 9.20. The van der Waals surface area contributed by atoms with Crippen molar-refractivity contribution in [3.05, 3.63) is 52.0 Å². The van der Waals surface area contributed by atoms with Crippen LogP contribution in [0.5, 0.6) is 5.75 Å². The van der Waals surface area contributed by atoms with Crippen LogP contribution in [-0.2, 0) is 6.42 Å². The van der Waals surface area contributed by atoms with Crippen LogP contribution in [0.1, 0.15) is 5.56 Å². The van der Waals surface area contributed by atoms with E-state index in [1.807, 2.05) is 30.3 Å². The van der Waals surface area contributed by atoms with E-state index in [0.717, 1.165) is 28.9 Å². The van der Waals surface area contributed by atoms with E-state index in [1.54, 1.807) is 0 Å². The smallest absolute Gasteiger partial charge is 0.131 e. The lowest BCUT2D eigenvalue weighted by molar-refractivity contribution is 0.242. The number of benzene rings is 2. The van der Waals surface area contributed by atoms with Gasteiger partial charge in [-0.05, 0) is 17.7 Å². The molecule has 0 spiro atoms. The molecule has 19 heavy (non-hydrogen) atoms. The van der Waals surface area contributed by atoms with Gasteiger partial charge in [0, 0.05) is 24.1 Å². The van der Waals surface area contributed by atoms with Gasteiger partial charge in [0.15, 0.2) is 0 Å². The second-order valence-corrected chi connectivity index (χ2v) is 5.38. The van der Waals surface area contributed by atoms with E-state index in [9.17, 15) is 0 Å². The summed E-state index contributed by atoms with van der Waals surface area (Å²) in [5.41, 5.74) is 8.60. The predicted octanol–water partition coefficient (Wildman–Crippen LogP) is 3.92. The van der Waals surface area contributed by atoms with E-state index in [0.29, 0.717) is 16.6 Å². The summed E-state index contributed by atoms with van der Waals surface area (Å²) in [5.74, 6) is 0.855. The van der Waals surface area contributed by atoms with Gasteiger partial charge < -0.3 is 10.5 Å². The highest BCUT2D eigenvalue weighted by Crippen LogP contribution is 2.43. The van der Waals surface area contributed by atoms with E-state index in [2.05, 4.69) is 6.07 Å². The highest BCUT2D eigenvalue weighted by molar-refractivity contribution is 6.39. The Balaban J connectivity index is 2.16. The van der Waals surface area contributed by atoms with Crippen molar-refractivity contribution in [2.45, 2.75) is 12.5 Å². The van der Waals surface area contributed by atoms with Gasteiger partial charge in [0.1, 0.15) is 11.9 Å². The van der Waals surface area contributed by atoms with Crippen LogP contribution in [0, 0.1) is 0 Å². The van der Waals surface area contributed by atoms with Crippen LogP contribution >= 0.6 is 23.2 Å². The molecule has 0 fully saturated rings. The molecule has 0 unspecified atom stereocenters. The van der Waals surface area contributed by atoms with Gasteiger partial charge in [0.05, 0.1) is 10.0 Å². The monoisotopic (exact) mass is 293 g/mol. The van der Waals surface area contributed by atoms with Crippen LogP contribution in [0.3, 0.4) is 0 Å². The maximum absolute atomic E-state index is 6.27. The highest BCUT2D eigenvalue weighted by Gasteiger charge is 2.25. The Hall–Kier alpha value is -1.22. The van der Waals surface area contributed by atoms with Crippen molar-refractivity contribution >= 4 is 23.2 Å². The Kier molecular flexibility index (Phi) is 3.40. The number of rotatable bonds is 2. The van der Waals surface area contributed by atoms with Crippen LogP contribution in [-0.4, -0.2) is 12.6 Å². The fraction of sp³-hybridized carbons (Fsp3) is 0.200. The second kappa shape index (κ2) is 5.04. The molecular weight excluding hydrogens is 281 g/mol. The van der Waals surface area contributed by atoms with Crippen molar-refractivity contribution in [1.29, 1.82) is 0 Å². The average molecular weight is 294 g/mol. The van der Waals surface area contributed by atoms with Crippen molar-refractivity contribution in [2.75, 3.05) is 6.54 Å². The maximum atomic E-state index is 6.27. The van der Waals surface area contributed by atoms with Gasteiger partial charge in [-0.3, -0.25) is 0 Å². The van der Waals surface area contributed by atoms with Gasteiger partial charge in [0.25, 0.3) is 0 Å². The number of para-hydroxylation sites is 1. The molecule has 4 heteroatoms. The van der Waals surface area contributed by atoms with Gasteiger partial charge in [-0.1, -0.05) is 47.5 Å². The van der Waals surface area contributed by atoms with Crippen LogP contribution in [0.15, 0.2) is 36.4 Å². The molecule has 0 saturated carbocycles. The van der Waals surface area contributed by atoms with Crippen LogP contribution in [0.25, 0.3) is 11.1 Å². The number of fused-ring (bicyclic) bond motifs is 1. The van der Waals surface area contributed by atoms with Gasteiger partial charge in [-0.15, -0.1) is 0 Å². The Bertz CT molecular complexity index is 607. The molecule has 1 atom stereocenters. The molecule has 2 aromatic rings. The third-order valence-corrected chi connectivity index (χ3v) is 3.95. The summed E-state index contributed by atoms with van der Waals surface area (Å²) < 4.78 is 5.91. The molecular formula is C15H13Cl2NO. The standard InChI is InChI=1S/C15H13Cl2NO/c16-12-5-2-6-13(17)14(12)11-4-1-3-9-7-10(8-18)19-15(9)11/h1-6,10H,7-8,18H2/t10-/m1/s1. The lowest BCUT2D eigenvalue weighted by atomic mass is 10.0. The summed E-state index contributed by atoms with van der Waals surface area (Å²) in [6, 6.07) is 11.5. The van der Waals surface area contributed by atoms with E-state index < -0.39 is 0 Å². The second-order valence-electron chi connectivity index (χ2n) is 4.57. The number of nitrogens with two attached hydrogens (primary N) is 1. The molecule has 2 N–H and O–H groups in total.